The summed E-state index contributed by atoms with van der Waals surface area (Å²) in [6, 6.07) is 9.64. The number of aliphatic hydroxyl groups is 1. The van der Waals surface area contributed by atoms with Crippen LogP contribution in [0.15, 0.2) is 62.4 Å². The van der Waals surface area contributed by atoms with E-state index in [1.165, 1.54) is 17.4 Å². The highest BCUT2D eigenvalue weighted by atomic mass is 32.2. The zero-order valence-corrected chi connectivity index (χ0v) is 17.3. The minimum absolute atomic E-state index is 0.0231. The second-order valence-corrected chi connectivity index (χ2v) is 10.6. The van der Waals surface area contributed by atoms with E-state index in [9.17, 15) is 18.3 Å². The molecular formula is C20H20N2O4S2. The van der Waals surface area contributed by atoms with Gasteiger partial charge in [0.05, 0.1) is 17.5 Å². The van der Waals surface area contributed by atoms with E-state index in [2.05, 4.69) is 4.40 Å². The van der Waals surface area contributed by atoms with E-state index in [1.54, 1.807) is 23.1 Å². The maximum Gasteiger partial charge on any atom is 0.283 e. The summed E-state index contributed by atoms with van der Waals surface area (Å²) in [5.74, 6) is -0.531. The minimum Gasteiger partial charge on any atom is -0.509 e. The van der Waals surface area contributed by atoms with Crippen molar-refractivity contribution in [2.24, 2.45) is 9.81 Å². The van der Waals surface area contributed by atoms with Crippen LogP contribution in [-0.2, 0) is 21.4 Å². The van der Waals surface area contributed by atoms with Crippen molar-refractivity contribution in [3.05, 3.63) is 63.6 Å². The topological polar surface area (TPSA) is 87.0 Å². The van der Waals surface area contributed by atoms with Crippen molar-refractivity contribution in [2.45, 2.75) is 38.3 Å². The van der Waals surface area contributed by atoms with E-state index in [4.69, 9.17) is 0 Å². The molecular weight excluding hydrogens is 396 g/mol. The van der Waals surface area contributed by atoms with Crippen molar-refractivity contribution in [3.8, 4) is 0 Å². The molecule has 2 aliphatic rings. The van der Waals surface area contributed by atoms with Crippen LogP contribution in [0.2, 0.25) is 0 Å². The van der Waals surface area contributed by atoms with Crippen molar-refractivity contribution >= 4 is 33.0 Å². The Kier molecular flexibility index (Phi) is 4.24. The highest BCUT2D eigenvalue weighted by Gasteiger charge is 2.48. The van der Waals surface area contributed by atoms with Gasteiger partial charge >= 0.3 is 0 Å². The molecule has 3 heterocycles. The Morgan fingerprint density at radius 3 is 2.54 bits per heavy atom. The van der Waals surface area contributed by atoms with Crippen molar-refractivity contribution in [2.75, 3.05) is 0 Å². The van der Waals surface area contributed by atoms with Gasteiger partial charge in [0.25, 0.3) is 15.9 Å². The van der Waals surface area contributed by atoms with Crippen molar-refractivity contribution in [1.29, 1.82) is 0 Å². The zero-order chi connectivity index (χ0) is 20.3. The molecule has 1 aromatic heterocycles. The minimum atomic E-state index is -3.89. The molecule has 0 radical (unpaired) electrons. The fraction of sp³-hybridized carbons (Fsp3) is 0.300. The van der Waals surface area contributed by atoms with Gasteiger partial charge in [-0.25, -0.2) is 0 Å². The molecule has 0 aliphatic carbocycles. The first-order valence-corrected chi connectivity index (χ1v) is 11.1. The first-order chi connectivity index (χ1) is 13.1. The highest BCUT2D eigenvalue weighted by molar-refractivity contribution is 7.90. The number of sulfonamides is 1. The van der Waals surface area contributed by atoms with Gasteiger partial charge in [-0.3, -0.25) is 4.79 Å². The summed E-state index contributed by atoms with van der Waals surface area (Å²) < 4.78 is 28.7. The van der Waals surface area contributed by atoms with Crippen LogP contribution < -0.4 is 0 Å². The SMILES string of the molecule is CC(C)(C)C1C(O)=C(C2=NS(=O)(=O)c3ccccc32)C(=O)N1Cc1cccs1. The Morgan fingerprint density at radius 1 is 1.18 bits per heavy atom. The summed E-state index contributed by atoms with van der Waals surface area (Å²) in [4.78, 5) is 16.0. The van der Waals surface area contributed by atoms with Gasteiger partial charge < -0.3 is 10.0 Å². The molecule has 6 nitrogen and oxygen atoms in total. The third-order valence-corrected chi connectivity index (χ3v) is 7.09. The summed E-state index contributed by atoms with van der Waals surface area (Å²) in [6.45, 7) is 6.15. The maximum absolute atomic E-state index is 13.3. The van der Waals surface area contributed by atoms with Crippen molar-refractivity contribution in [1.82, 2.24) is 4.90 Å². The Hall–Kier alpha value is -2.45. The molecule has 1 amide bonds. The summed E-state index contributed by atoms with van der Waals surface area (Å²) in [7, 11) is -3.89. The number of carbonyl (C=O) groups is 1. The third kappa shape index (κ3) is 2.87. The van der Waals surface area contributed by atoms with E-state index in [0.717, 1.165) is 4.88 Å². The molecule has 0 saturated carbocycles. The number of nitrogens with zero attached hydrogens (tertiary/aromatic N) is 2. The number of fused-ring (bicyclic) bond motifs is 1. The van der Waals surface area contributed by atoms with Gasteiger partial charge in [-0.1, -0.05) is 45.0 Å². The zero-order valence-electron chi connectivity index (χ0n) is 15.7. The molecule has 0 spiro atoms. The van der Waals surface area contributed by atoms with Crippen LogP contribution in [0.25, 0.3) is 0 Å². The molecule has 4 rings (SSSR count). The Morgan fingerprint density at radius 2 is 1.89 bits per heavy atom. The molecule has 1 N–H and O–H groups in total. The van der Waals surface area contributed by atoms with Crippen LogP contribution in [-0.4, -0.2) is 36.1 Å². The number of benzene rings is 1. The maximum atomic E-state index is 13.3. The number of aliphatic hydroxyl groups excluding tert-OH is 1. The summed E-state index contributed by atoms with van der Waals surface area (Å²) in [5, 5.41) is 13.0. The Balaban J connectivity index is 1.85. The Bertz CT molecular complexity index is 1120. The van der Waals surface area contributed by atoms with Crippen LogP contribution in [0.4, 0.5) is 0 Å². The summed E-state index contributed by atoms with van der Waals surface area (Å²) in [5.41, 5.74) is -0.0925. The van der Waals surface area contributed by atoms with Crippen LogP contribution in [0, 0.1) is 5.41 Å². The fourth-order valence-electron chi connectivity index (χ4n) is 3.77. The monoisotopic (exact) mass is 416 g/mol. The largest absolute Gasteiger partial charge is 0.509 e. The predicted octanol–water partition coefficient (Wildman–Crippen LogP) is 3.51. The number of amides is 1. The molecule has 2 aromatic rings. The van der Waals surface area contributed by atoms with Gasteiger partial charge in [-0.2, -0.15) is 12.8 Å². The number of hydrogen-bond donors (Lipinski definition) is 1. The van der Waals surface area contributed by atoms with Gasteiger partial charge in [0.2, 0.25) is 0 Å². The number of thiophene rings is 1. The molecule has 1 atom stereocenters. The van der Waals surface area contributed by atoms with Crippen molar-refractivity contribution in [3.63, 3.8) is 0 Å². The molecule has 2 aliphatic heterocycles. The third-order valence-electron chi connectivity index (χ3n) is 4.90. The van der Waals surface area contributed by atoms with E-state index < -0.39 is 27.4 Å². The number of rotatable bonds is 3. The van der Waals surface area contributed by atoms with Crippen molar-refractivity contribution < 1.29 is 18.3 Å². The molecule has 0 saturated heterocycles. The van der Waals surface area contributed by atoms with Crippen LogP contribution >= 0.6 is 11.3 Å². The second kappa shape index (κ2) is 6.28. The van der Waals surface area contributed by atoms with Gasteiger partial charge in [-0.15, -0.1) is 11.3 Å². The molecule has 0 fully saturated rings. The fourth-order valence-corrected chi connectivity index (χ4v) is 5.70. The smallest absolute Gasteiger partial charge is 0.283 e. The van der Waals surface area contributed by atoms with Crippen LogP contribution in [0.3, 0.4) is 0 Å². The lowest BCUT2D eigenvalue weighted by Crippen LogP contribution is -2.43. The van der Waals surface area contributed by atoms with Crippen LogP contribution in [0.5, 0.6) is 0 Å². The van der Waals surface area contributed by atoms with Crippen LogP contribution in [0.1, 0.15) is 31.2 Å². The first-order valence-electron chi connectivity index (χ1n) is 8.82. The number of hydrogen-bond acceptors (Lipinski definition) is 5. The molecule has 1 unspecified atom stereocenters. The standard InChI is InChI=1S/C20H20N2O4S2/c1-20(2,3)18-17(23)15(19(24)22(18)11-12-7-6-10-27-12)16-13-8-4-5-9-14(13)28(25,26)21-16/h4-10,18,23H,11H2,1-3H3. The van der Waals surface area contributed by atoms with Gasteiger partial charge in [-0.05, 0) is 22.9 Å². The lowest BCUT2D eigenvalue weighted by atomic mass is 9.85. The molecule has 28 heavy (non-hydrogen) atoms. The quantitative estimate of drug-likeness (QED) is 0.829. The highest BCUT2D eigenvalue weighted by Crippen LogP contribution is 2.41. The lowest BCUT2D eigenvalue weighted by molar-refractivity contribution is -0.129. The Labute approximate surface area is 167 Å². The lowest BCUT2D eigenvalue weighted by Gasteiger charge is -2.35. The molecule has 8 heteroatoms. The summed E-state index contributed by atoms with van der Waals surface area (Å²) >= 11 is 1.53. The molecule has 1 aromatic carbocycles. The first kappa shape index (κ1) is 18.9. The predicted molar refractivity (Wildman–Crippen MR) is 108 cm³/mol. The average Bonchev–Trinajstić information content (AvgIpc) is 3.26. The molecule has 146 valence electrons. The van der Waals surface area contributed by atoms with Gasteiger partial charge in [0.1, 0.15) is 17.0 Å². The van der Waals surface area contributed by atoms with Gasteiger partial charge in [0, 0.05) is 10.4 Å². The normalized spacial score (nSPS) is 21.2. The van der Waals surface area contributed by atoms with Gasteiger partial charge in [0.15, 0.2) is 0 Å². The molecule has 0 bridgehead atoms. The average molecular weight is 417 g/mol. The van der Waals surface area contributed by atoms with E-state index >= 15 is 0 Å². The second-order valence-electron chi connectivity index (χ2n) is 7.95. The van der Waals surface area contributed by atoms with E-state index in [1.807, 2.05) is 38.3 Å². The summed E-state index contributed by atoms with van der Waals surface area (Å²) in [6.07, 6.45) is 0. The van der Waals surface area contributed by atoms with E-state index in [0.29, 0.717) is 12.1 Å². The number of carbonyl (C=O) groups excluding carboxylic acids is 1. The van der Waals surface area contributed by atoms with E-state index in [-0.39, 0.29) is 21.9 Å².